The van der Waals surface area contributed by atoms with Crippen LogP contribution < -0.4 is 15.8 Å². The van der Waals surface area contributed by atoms with Crippen LogP contribution in [0.5, 0.6) is 5.75 Å². The fourth-order valence-electron chi connectivity index (χ4n) is 4.14. The number of nitrogens with two attached hydrogens (primary N) is 1. The molecule has 1 heterocycles. The third kappa shape index (κ3) is 5.96. The molecule has 6 nitrogen and oxygen atoms in total. The Morgan fingerprint density at radius 3 is 2.79 bits per heavy atom. The summed E-state index contributed by atoms with van der Waals surface area (Å²) in [5.74, 6) is 0.928. The van der Waals surface area contributed by atoms with Gasteiger partial charge in [0.1, 0.15) is 5.75 Å². The molecule has 1 saturated carbocycles. The Kier molecular flexibility index (Phi) is 7.71. The van der Waals surface area contributed by atoms with Crippen LogP contribution in [0.3, 0.4) is 0 Å². The Morgan fingerprint density at radius 1 is 1.18 bits per heavy atom. The van der Waals surface area contributed by atoms with Crippen LogP contribution in [-0.4, -0.2) is 49.0 Å². The van der Waals surface area contributed by atoms with E-state index in [1.54, 1.807) is 0 Å². The third-order valence-corrected chi connectivity index (χ3v) is 5.72. The van der Waals surface area contributed by atoms with Gasteiger partial charge in [-0.25, -0.2) is 0 Å². The second kappa shape index (κ2) is 10.5. The standard InChI is InChI=1S/C22H33N3O3/c23-12-13-24-22(27)18-6-4-14-25(16-18)21(26)11-10-17-5-3-9-20(15-17)28-19-7-1-2-8-19/h3,5,9,15,18-19H,1-2,4,6-8,10-14,16,23H2,(H,24,27). The van der Waals surface area contributed by atoms with Gasteiger partial charge in [-0.1, -0.05) is 12.1 Å². The topological polar surface area (TPSA) is 84.7 Å². The highest BCUT2D eigenvalue weighted by molar-refractivity contribution is 5.81. The van der Waals surface area contributed by atoms with Crippen LogP contribution in [0.15, 0.2) is 24.3 Å². The molecule has 2 aliphatic rings. The first-order valence-corrected chi connectivity index (χ1v) is 10.7. The van der Waals surface area contributed by atoms with Crippen molar-refractivity contribution in [1.29, 1.82) is 0 Å². The van der Waals surface area contributed by atoms with E-state index in [9.17, 15) is 9.59 Å². The molecule has 1 saturated heterocycles. The summed E-state index contributed by atoms with van der Waals surface area (Å²) in [5.41, 5.74) is 6.57. The van der Waals surface area contributed by atoms with Crippen LogP contribution >= 0.6 is 0 Å². The summed E-state index contributed by atoms with van der Waals surface area (Å²) >= 11 is 0. The minimum atomic E-state index is -0.118. The van der Waals surface area contributed by atoms with Crippen LogP contribution in [0, 0.1) is 5.92 Å². The average Bonchev–Trinajstić information content (AvgIpc) is 3.23. The molecule has 2 amide bonds. The van der Waals surface area contributed by atoms with Gasteiger partial charge in [0.15, 0.2) is 0 Å². The van der Waals surface area contributed by atoms with Crippen molar-refractivity contribution in [3.63, 3.8) is 0 Å². The summed E-state index contributed by atoms with van der Waals surface area (Å²) in [6.07, 6.45) is 7.98. The summed E-state index contributed by atoms with van der Waals surface area (Å²) in [6, 6.07) is 8.11. The molecule has 3 N–H and O–H groups in total. The lowest BCUT2D eigenvalue weighted by atomic mass is 9.96. The summed E-state index contributed by atoms with van der Waals surface area (Å²) in [4.78, 5) is 26.7. The normalized spacial score (nSPS) is 20.2. The van der Waals surface area contributed by atoms with E-state index >= 15 is 0 Å². The molecule has 28 heavy (non-hydrogen) atoms. The van der Waals surface area contributed by atoms with Crippen molar-refractivity contribution < 1.29 is 14.3 Å². The number of ether oxygens (including phenoxy) is 1. The van der Waals surface area contributed by atoms with Crippen LogP contribution in [0.25, 0.3) is 0 Å². The number of nitrogens with one attached hydrogen (secondary N) is 1. The average molecular weight is 388 g/mol. The minimum absolute atomic E-state index is 0.0136. The van der Waals surface area contributed by atoms with Gasteiger partial charge in [0.25, 0.3) is 0 Å². The van der Waals surface area contributed by atoms with Gasteiger partial charge in [-0.15, -0.1) is 0 Å². The van der Waals surface area contributed by atoms with Crippen LogP contribution in [0.2, 0.25) is 0 Å². The number of nitrogens with zero attached hydrogens (tertiary/aromatic N) is 1. The molecule has 0 radical (unpaired) electrons. The molecular formula is C22H33N3O3. The highest BCUT2D eigenvalue weighted by atomic mass is 16.5. The largest absolute Gasteiger partial charge is 0.490 e. The van der Waals surface area contributed by atoms with Crippen molar-refractivity contribution in [3.8, 4) is 5.75 Å². The van der Waals surface area contributed by atoms with Crippen LogP contribution in [-0.2, 0) is 16.0 Å². The second-order valence-corrected chi connectivity index (χ2v) is 7.93. The predicted molar refractivity (Wildman–Crippen MR) is 109 cm³/mol. The van der Waals surface area contributed by atoms with Crippen LogP contribution in [0.4, 0.5) is 0 Å². The third-order valence-electron chi connectivity index (χ3n) is 5.72. The first-order chi connectivity index (χ1) is 13.7. The summed E-state index contributed by atoms with van der Waals surface area (Å²) < 4.78 is 6.06. The number of hydrogen-bond acceptors (Lipinski definition) is 4. The Hall–Kier alpha value is -2.08. The Balaban J connectivity index is 1.47. The van der Waals surface area contributed by atoms with Crippen molar-refractivity contribution >= 4 is 11.8 Å². The van der Waals surface area contributed by atoms with Gasteiger partial charge >= 0.3 is 0 Å². The van der Waals surface area contributed by atoms with Gasteiger partial charge in [-0.05, 0) is 62.6 Å². The number of benzene rings is 1. The zero-order chi connectivity index (χ0) is 19.8. The number of carbonyl (C=O) groups is 2. The molecule has 1 aromatic carbocycles. The van der Waals surface area contributed by atoms with Gasteiger partial charge in [0.2, 0.25) is 11.8 Å². The SMILES string of the molecule is NCCNC(=O)C1CCCN(C(=O)CCc2cccc(OC3CCCC3)c2)C1. The van der Waals surface area contributed by atoms with Gasteiger partial charge in [0.05, 0.1) is 12.0 Å². The maximum atomic E-state index is 12.7. The van der Waals surface area contributed by atoms with E-state index in [-0.39, 0.29) is 17.7 Å². The van der Waals surface area contributed by atoms with E-state index in [0.29, 0.717) is 38.6 Å². The molecule has 0 bridgehead atoms. The van der Waals surface area contributed by atoms with E-state index in [1.807, 2.05) is 23.1 Å². The zero-order valence-corrected chi connectivity index (χ0v) is 16.7. The maximum Gasteiger partial charge on any atom is 0.224 e. The quantitative estimate of drug-likeness (QED) is 0.717. The monoisotopic (exact) mass is 387 g/mol. The first-order valence-electron chi connectivity index (χ1n) is 10.7. The minimum Gasteiger partial charge on any atom is -0.490 e. The Labute approximate surface area is 167 Å². The fraction of sp³-hybridized carbons (Fsp3) is 0.636. The predicted octanol–water partition coefficient (Wildman–Crippen LogP) is 2.25. The molecule has 6 heteroatoms. The molecule has 1 aromatic rings. The van der Waals surface area contributed by atoms with Crippen molar-refractivity contribution in [2.75, 3.05) is 26.2 Å². The van der Waals surface area contributed by atoms with Gasteiger partial charge in [-0.2, -0.15) is 0 Å². The number of piperidine rings is 1. The van der Waals surface area contributed by atoms with E-state index < -0.39 is 0 Å². The van der Waals surface area contributed by atoms with Crippen molar-refractivity contribution in [2.45, 2.75) is 57.5 Å². The molecule has 3 rings (SSSR count). The number of rotatable bonds is 8. The molecule has 1 atom stereocenters. The molecule has 0 spiro atoms. The van der Waals surface area contributed by atoms with Gasteiger partial charge < -0.3 is 20.7 Å². The van der Waals surface area contributed by atoms with Crippen molar-refractivity contribution in [1.82, 2.24) is 10.2 Å². The lowest BCUT2D eigenvalue weighted by molar-refractivity contribution is -0.135. The van der Waals surface area contributed by atoms with E-state index in [1.165, 1.54) is 12.8 Å². The molecule has 0 aromatic heterocycles. The molecule has 1 aliphatic carbocycles. The van der Waals surface area contributed by atoms with Crippen LogP contribution in [0.1, 0.15) is 50.5 Å². The van der Waals surface area contributed by atoms with Gasteiger partial charge in [-0.3, -0.25) is 9.59 Å². The summed E-state index contributed by atoms with van der Waals surface area (Å²) in [5, 5.41) is 2.84. The number of amides is 2. The second-order valence-electron chi connectivity index (χ2n) is 7.93. The molecule has 1 unspecified atom stereocenters. The zero-order valence-electron chi connectivity index (χ0n) is 16.7. The number of likely N-dealkylation sites (tertiary alicyclic amines) is 1. The van der Waals surface area contributed by atoms with Gasteiger partial charge in [0, 0.05) is 32.6 Å². The maximum absolute atomic E-state index is 12.7. The van der Waals surface area contributed by atoms with Crippen molar-refractivity contribution in [2.24, 2.45) is 11.7 Å². The van der Waals surface area contributed by atoms with E-state index in [4.69, 9.17) is 10.5 Å². The number of carbonyl (C=O) groups excluding carboxylic acids is 2. The molecule has 1 aliphatic heterocycles. The summed E-state index contributed by atoms with van der Waals surface area (Å²) in [6.45, 7) is 2.18. The molecule has 2 fully saturated rings. The Morgan fingerprint density at radius 2 is 2.00 bits per heavy atom. The molecule has 154 valence electrons. The Bertz CT molecular complexity index is 658. The summed E-state index contributed by atoms with van der Waals surface area (Å²) in [7, 11) is 0. The highest BCUT2D eigenvalue weighted by Gasteiger charge is 2.28. The molecular weight excluding hydrogens is 354 g/mol. The first kappa shape index (κ1) is 20.6. The lowest BCUT2D eigenvalue weighted by Crippen LogP contribution is -2.46. The van der Waals surface area contributed by atoms with Crippen molar-refractivity contribution in [3.05, 3.63) is 29.8 Å². The highest BCUT2D eigenvalue weighted by Crippen LogP contribution is 2.25. The lowest BCUT2D eigenvalue weighted by Gasteiger charge is -2.32. The smallest absolute Gasteiger partial charge is 0.224 e. The number of hydrogen-bond donors (Lipinski definition) is 2. The fourth-order valence-corrected chi connectivity index (χ4v) is 4.14. The number of aryl methyl sites for hydroxylation is 1. The van der Waals surface area contributed by atoms with E-state index in [2.05, 4.69) is 11.4 Å². The van der Waals surface area contributed by atoms with E-state index in [0.717, 1.165) is 43.5 Å².